The van der Waals surface area contributed by atoms with Crippen molar-refractivity contribution in [2.24, 2.45) is 0 Å². The molecule has 0 N–H and O–H groups in total. The highest BCUT2D eigenvalue weighted by atomic mass is 16.2. The Morgan fingerprint density at radius 2 is 2.29 bits per heavy atom. The van der Waals surface area contributed by atoms with Crippen molar-refractivity contribution in [1.29, 1.82) is 0 Å². The molecule has 1 heterocycles. The Bertz CT molecular complexity index is 350. The number of carbonyl (C=O) groups excluding carboxylic acids is 2. The van der Waals surface area contributed by atoms with Crippen molar-refractivity contribution in [1.82, 2.24) is 9.88 Å². The monoisotopic (exact) mass is 192 g/mol. The summed E-state index contributed by atoms with van der Waals surface area (Å²) >= 11 is 0. The average molecular weight is 192 g/mol. The Hall–Kier alpha value is -1.71. The van der Waals surface area contributed by atoms with Gasteiger partial charge in [-0.25, -0.2) is 4.98 Å². The van der Waals surface area contributed by atoms with Crippen LogP contribution in [0.4, 0.5) is 0 Å². The minimum atomic E-state index is -0.0247. The molecule has 0 bridgehead atoms. The highest BCUT2D eigenvalue weighted by molar-refractivity contribution is 5.73. The predicted molar refractivity (Wildman–Crippen MR) is 51.8 cm³/mol. The maximum Gasteiger partial charge on any atom is 0.219 e. The van der Waals surface area contributed by atoms with Gasteiger partial charge in [0.05, 0.1) is 12.2 Å². The van der Waals surface area contributed by atoms with E-state index in [4.69, 9.17) is 0 Å². The summed E-state index contributed by atoms with van der Waals surface area (Å²) in [7, 11) is 1.69. The minimum Gasteiger partial charge on any atom is -0.340 e. The fourth-order valence-corrected chi connectivity index (χ4v) is 1.01. The maximum absolute atomic E-state index is 10.9. The van der Waals surface area contributed by atoms with Crippen LogP contribution in [0.15, 0.2) is 18.2 Å². The summed E-state index contributed by atoms with van der Waals surface area (Å²) in [6, 6.07) is 5.16. The van der Waals surface area contributed by atoms with Gasteiger partial charge in [0.25, 0.3) is 0 Å². The SMILES string of the molecule is CC(=O)N(C)Cc1cccc(C=O)n1. The van der Waals surface area contributed by atoms with Crippen LogP contribution in [-0.2, 0) is 11.3 Å². The molecule has 1 aromatic heterocycles. The molecule has 0 aromatic carbocycles. The van der Waals surface area contributed by atoms with Crippen molar-refractivity contribution in [2.75, 3.05) is 7.05 Å². The van der Waals surface area contributed by atoms with E-state index in [1.165, 1.54) is 11.8 Å². The third-order valence-electron chi connectivity index (χ3n) is 1.89. The van der Waals surface area contributed by atoms with Gasteiger partial charge in [0.1, 0.15) is 5.69 Å². The molecule has 0 aliphatic carbocycles. The first-order valence-corrected chi connectivity index (χ1v) is 4.26. The Kier molecular flexibility index (Phi) is 3.34. The van der Waals surface area contributed by atoms with E-state index in [0.29, 0.717) is 24.2 Å². The summed E-state index contributed by atoms with van der Waals surface area (Å²) in [5.74, 6) is -0.0247. The molecule has 0 aliphatic rings. The van der Waals surface area contributed by atoms with Crippen molar-refractivity contribution in [3.63, 3.8) is 0 Å². The molecule has 14 heavy (non-hydrogen) atoms. The van der Waals surface area contributed by atoms with Gasteiger partial charge in [-0.15, -0.1) is 0 Å². The normalized spacial score (nSPS) is 9.57. The molecule has 0 unspecified atom stereocenters. The van der Waals surface area contributed by atoms with Crippen molar-refractivity contribution in [2.45, 2.75) is 13.5 Å². The summed E-state index contributed by atoms with van der Waals surface area (Å²) in [4.78, 5) is 27.0. The summed E-state index contributed by atoms with van der Waals surface area (Å²) in [5.41, 5.74) is 1.10. The molecule has 0 atom stereocenters. The maximum atomic E-state index is 10.9. The van der Waals surface area contributed by atoms with Crippen LogP contribution in [0.1, 0.15) is 23.1 Å². The van der Waals surface area contributed by atoms with Crippen molar-refractivity contribution >= 4 is 12.2 Å². The van der Waals surface area contributed by atoms with E-state index in [0.717, 1.165) is 0 Å². The zero-order valence-corrected chi connectivity index (χ0v) is 8.23. The van der Waals surface area contributed by atoms with Crippen LogP contribution in [-0.4, -0.2) is 29.1 Å². The zero-order chi connectivity index (χ0) is 10.6. The van der Waals surface area contributed by atoms with E-state index in [1.54, 1.807) is 25.2 Å². The molecule has 0 spiro atoms. The zero-order valence-electron chi connectivity index (χ0n) is 8.23. The molecule has 4 nitrogen and oxygen atoms in total. The number of carbonyl (C=O) groups is 2. The fourth-order valence-electron chi connectivity index (χ4n) is 1.01. The van der Waals surface area contributed by atoms with Crippen molar-refractivity contribution in [3.8, 4) is 0 Å². The van der Waals surface area contributed by atoms with Crippen LogP contribution >= 0.6 is 0 Å². The van der Waals surface area contributed by atoms with E-state index >= 15 is 0 Å². The van der Waals surface area contributed by atoms with Crippen molar-refractivity contribution < 1.29 is 9.59 Å². The predicted octanol–water partition coefficient (Wildman–Crippen LogP) is 0.872. The Morgan fingerprint density at radius 3 is 2.86 bits per heavy atom. The molecule has 1 aromatic rings. The van der Waals surface area contributed by atoms with Gasteiger partial charge in [0.2, 0.25) is 5.91 Å². The molecule has 4 heteroatoms. The number of rotatable bonds is 3. The van der Waals surface area contributed by atoms with Gasteiger partial charge in [-0.2, -0.15) is 0 Å². The van der Waals surface area contributed by atoms with E-state index in [1.807, 2.05) is 0 Å². The molecular formula is C10H12N2O2. The molecule has 0 saturated carbocycles. The topological polar surface area (TPSA) is 50.3 Å². The number of nitrogens with zero attached hydrogens (tertiary/aromatic N) is 2. The second-order valence-corrected chi connectivity index (χ2v) is 3.05. The second-order valence-electron chi connectivity index (χ2n) is 3.05. The molecule has 0 radical (unpaired) electrons. The van der Waals surface area contributed by atoms with Gasteiger partial charge in [0.15, 0.2) is 6.29 Å². The van der Waals surface area contributed by atoms with Crippen LogP contribution in [0, 0.1) is 0 Å². The number of aldehydes is 1. The first kappa shape index (κ1) is 10.4. The van der Waals surface area contributed by atoms with E-state index in [-0.39, 0.29) is 5.91 Å². The smallest absolute Gasteiger partial charge is 0.219 e. The molecule has 0 saturated heterocycles. The lowest BCUT2D eigenvalue weighted by atomic mass is 10.3. The number of hydrogen-bond acceptors (Lipinski definition) is 3. The fraction of sp³-hybridized carbons (Fsp3) is 0.300. The van der Waals surface area contributed by atoms with Crippen LogP contribution < -0.4 is 0 Å². The molecular weight excluding hydrogens is 180 g/mol. The number of aromatic nitrogens is 1. The van der Waals surface area contributed by atoms with E-state index in [9.17, 15) is 9.59 Å². The van der Waals surface area contributed by atoms with Gasteiger partial charge >= 0.3 is 0 Å². The Labute approximate surface area is 82.6 Å². The largest absolute Gasteiger partial charge is 0.340 e. The molecule has 1 rings (SSSR count). The number of amides is 1. The summed E-state index contributed by atoms with van der Waals surface area (Å²) in [6.07, 6.45) is 0.692. The molecule has 0 fully saturated rings. The van der Waals surface area contributed by atoms with Gasteiger partial charge in [0, 0.05) is 14.0 Å². The first-order chi connectivity index (χ1) is 6.63. The van der Waals surface area contributed by atoms with Gasteiger partial charge < -0.3 is 4.90 Å². The lowest BCUT2D eigenvalue weighted by molar-refractivity contribution is -0.128. The summed E-state index contributed by atoms with van der Waals surface area (Å²) < 4.78 is 0. The molecule has 74 valence electrons. The second kappa shape index (κ2) is 4.50. The molecule has 1 amide bonds. The van der Waals surface area contributed by atoms with Crippen LogP contribution in [0.3, 0.4) is 0 Å². The van der Waals surface area contributed by atoms with Crippen LogP contribution in [0.5, 0.6) is 0 Å². The van der Waals surface area contributed by atoms with Crippen molar-refractivity contribution in [3.05, 3.63) is 29.6 Å². The van der Waals surface area contributed by atoms with Crippen LogP contribution in [0.2, 0.25) is 0 Å². The Balaban J connectivity index is 2.76. The van der Waals surface area contributed by atoms with E-state index < -0.39 is 0 Å². The minimum absolute atomic E-state index is 0.0247. The van der Waals surface area contributed by atoms with Gasteiger partial charge in [-0.1, -0.05) is 6.07 Å². The molecule has 0 aliphatic heterocycles. The van der Waals surface area contributed by atoms with E-state index in [2.05, 4.69) is 4.98 Å². The number of pyridine rings is 1. The third-order valence-corrected chi connectivity index (χ3v) is 1.89. The standard InChI is InChI=1S/C10H12N2O2/c1-8(14)12(2)6-9-4-3-5-10(7-13)11-9/h3-5,7H,6H2,1-2H3. The van der Waals surface area contributed by atoms with Gasteiger partial charge in [-0.05, 0) is 12.1 Å². The lowest BCUT2D eigenvalue weighted by Crippen LogP contribution is -2.23. The number of hydrogen-bond donors (Lipinski definition) is 0. The Morgan fingerprint density at radius 1 is 1.57 bits per heavy atom. The van der Waals surface area contributed by atoms with Crippen LogP contribution in [0.25, 0.3) is 0 Å². The summed E-state index contributed by atoms with van der Waals surface area (Å²) in [5, 5.41) is 0. The summed E-state index contributed by atoms with van der Waals surface area (Å²) in [6.45, 7) is 1.92. The third kappa shape index (κ3) is 2.65. The lowest BCUT2D eigenvalue weighted by Gasteiger charge is -2.13. The quantitative estimate of drug-likeness (QED) is 0.668. The van der Waals surface area contributed by atoms with Gasteiger partial charge in [-0.3, -0.25) is 9.59 Å². The highest BCUT2D eigenvalue weighted by Gasteiger charge is 2.04. The highest BCUT2D eigenvalue weighted by Crippen LogP contribution is 2.01. The first-order valence-electron chi connectivity index (χ1n) is 4.26. The average Bonchev–Trinajstić information content (AvgIpc) is 2.18.